The summed E-state index contributed by atoms with van der Waals surface area (Å²) >= 11 is 7.00. The van der Waals surface area contributed by atoms with Crippen LogP contribution in [0.4, 0.5) is 16.2 Å². The second-order valence-electron chi connectivity index (χ2n) is 6.90. The number of nitrogens with one attached hydrogen (secondary N) is 1. The number of thioether (sulfide) groups is 1. The third-order valence-corrected chi connectivity index (χ3v) is 6.84. The Morgan fingerprint density at radius 1 is 1.21 bits per heavy atom. The topological polar surface area (TPSA) is 83.6 Å². The van der Waals surface area contributed by atoms with Crippen LogP contribution >= 0.6 is 23.4 Å². The zero-order valence-electron chi connectivity index (χ0n) is 16.1. The van der Waals surface area contributed by atoms with E-state index in [1.165, 1.54) is 18.2 Å². The average molecular weight is 453 g/mol. The van der Waals surface area contributed by atoms with Crippen molar-refractivity contribution in [1.29, 1.82) is 0 Å². The Labute approximate surface area is 179 Å². The van der Waals surface area contributed by atoms with Crippen LogP contribution in [0.25, 0.3) is 0 Å². The van der Waals surface area contributed by atoms with Crippen LogP contribution in [0, 0.1) is 6.92 Å². The fourth-order valence-corrected chi connectivity index (χ4v) is 4.75. The summed E-state index contributed by atoms with van der Waals surface area (Å²) in [7, 11) is -3.38. The number of sulfone groups is 1. The van der Waals surface area contributed by atoms with E-state index in [2.05, 4.69) is 11.4 Å². The van der Waals surface area contributed by atoms with E-state index in [1.54, 1.807) is 4.90 Å². The van der Waals surface area contributed by atoms with E-state index >= 15 is 0 Å². The van der Waals surface area contributed by atoms with Crippen molar-refractivity contribution in [2.45, 2.75) is 24.7 Å². The van der Waals surface area contributed by atoms with Gasteiger partial charge in [0.25, 0.3) is 5.24 Å². The number of fused-ring (bicyclic) bond motifs is 1. The van der Waals surface area contributed by atoms with Crippen LogP contribution in [-0.4, -0.2) is 38.1 Å². The second kappa shape index (κ2) is 8.77. The number of rotatable bonds is 4. The molecule has 2 aromatic rings. The van der Waals surface area contributed by atoms with Gasteiger partial charge in [-0.2, -0.15) is 0 Å². The third-order valence-electron chi connectivity index (χ3n) is 4.54. The van der Waals surface area contributed by atoms with Crippen LogP contribution < -0.4 is 10.2 Å². The van der Waals surface area contributed by atoms with E-state index < -0.39 is 15.7 Å². The van der Waals surface area contributed by atoms with Crippen molar-refractivity contribution in [2.24, 2.45) is 0 Å². The van der Waals surface area contributed by atoms with Crippen molar-refractivity contribution in [3.8, 4) is 0 Å². The molecule has 0 unspecified atom stereocenters. The molecule has 29 heavy (non-hydrogen) atoms. The molecule has 2 amide bonds. The molecule has 0 aliphatic carbocycles. The summed E-state index contributed by atoms with van der Waals surface area (Å²) in [5.41, 5.74) is 3.51. The lowest BCUT2D eigenvalue weighted by molar-refractivity contribution is -0.113. The van der Waals surface area contributed by atoms with Gasteiger partial charge in [0.1, 0.15) is 0 Å². The van der Waals surface area contributed by atoms with Crippen molar-refractivity contribution in [2.75, 3.05) is 28.8 Å². The summed E-state index contributed by atoms with van der Waals surface area (Å²) in [4.78, 5) is 26.7. The predicted molar refractivity (Wildman–Crippen MR) is 118 cm³/mol. The standard InChI is InChI=1S/C20H21ClN2O4S2/c1-13-5-8-18-14(10-13)4-3-9-23(18)20(25)28-12-19(24)22-17-7-6-15(11-16(17)21)29(2,26)27/h5-8,10-11H,3-4,9,12H2,1-2H3,(H,22,24). The van der Waals surface area contributed by atoms with Crippen LogP contribution in [0.1, 0.15) is 17.5 Å². The highest BCUT2D eigenvalue weighted by molar-refractivity contribution is 8.14. The third kappa shape index (κ3) is 5.32. The molecule has 1 aliphatic heterocycles. The highest BCUT2D eigenvalue weighted by Crippen LogP contribution is 2.30. The second-order valence-corrected chi connectivity index (χ2v) is 10.3. The zero-order chi connectivity index (χ0) is 21.2. The van der Waals surface area contributed by atoms with E-state index in [0.29, 0.717) is 12.2 Å². The molecule has 9 heteroatoms. The number of nitrogens with zero attached hydrogens (tertiary/aromatic N) is 1. The molecular weight excluding hydrogens is 432 g/mol. The van der Waals surface area contributed by atoms with Gasteiger partial charge < -0.3 is 10.2 Å². The average Bonchev–Trinajstić information content (AvgIpc) is 2.66. The molecule has 2 aromatic carbocycles. The lowest BCUT2D eigenvalue weighted by Crippen LogP contribution is -2.33. The minimum absolute atomic E-state index is 0.0688. The molecule has 3 rings (SSSR count). The first-order chi connectivity index (χ1) is 13.6. The molecule has 6 nitrogen and oxygen atoms in total. The van der Waals surface area contributed by atoms with Crippen LogP contribution in [0.5, 0.6) is 0 Å². The Morgan fingerprint density at radius 2 is 1.97 bits per heavy atom. The summed E-state index contributed by atoms with van der Waals surface area (Å²) in [5, 5.41) is 2.56. The number of carbonyl (C=O) groups excluding carboxylic acids is 2. The van der Waals surface area contributed by atoms with E-state index in [0.717, 1.165) is 47.7 Å². The smallest absolute Gasteiger partial charge is 0.286 e. The Hall–Kier alpha value is -2.03. The van der Waals surface area contributed by atoms with Gasteiger partial charge >= 0.3 is 0 Å². The van der Waals surface area contributed by atoms with Crippen molar-refractivity contribution < 1.29 is 18.0 Å². The van der Waals surface area contributed by atoms with Crippen LogP contribution in [0.2, 0.25) is 5.02 Å². The number of amides is 2. The number of anilines is 2. The fourth-order valence-electron chi connectivity index (χ4n) is 3.13. The van der Waals surface area contributed by atoms with Gasteiger partial charge in [0.15, 0.2) is 9.84 Å². The highest BCUT2D eigenvalue weighted by Gasteiger charge is 2.23. The molecule has 0 spiro atoms. The minimum atomic E-state index is -3.38. The quantitative estimate of drug-likeness (QED) is 0.747. The van der Waals surface area contributed by atoms with Gasteiger partial charge in [-0.3, -0.25) is 9.59 Å². The molecule has 1 aliphatic rings. The maximum atomic E-state index is 12.6. The van der Waals surface area contributed by atoms with Crippen molar-refractivity contribution >= 4 is 55.7 Å². The number of benzene rings is 2. The van der Waals surface area contributed by atoms with E-state index in [1.807, 2.05) is 19.1 Å². The fraction of sp³-hybridized carbons (Fsp3) is 0.300. The molecule has 0 radical (unpaired) electrons. The van der Waals surface area contributed by atoms with Gasteiger partial charge in [0.2, 0.25) is 5.91 Å². The molecule has 0 saturated carbocycles. The first kappa shape index (κ1) is 21.7. The lowest BCUT2D eigenvalue weighted by atomic mass is 10.0. The van der Waals surface area contributed by atoms with Gasteiger partial charge in [0, 0.05) is 18.5 Å². The Morgan fingerprint density at radius 3 is 2.66 bits per heavy atom. The van der Waals surface area contributed by atoms with E-state index in [9.17, 15) is 18.0 Å². The number of carbonyl (C=O) groups is 2. The SMILES string of the molecule is Cc1ccc2c(c1)CCCN2C(=O)SCC(=O)Nc1ccc(S(C)(=O)=O)cc1Cl. The van der Waals surface area contributed by atoms with E-state index in [-0.39, 0.29) is 20.9 Å². The molecule has 0 fully saturated rings. The molecule has 1 N–H and O–H groups in total. The Kier molecular flexibility index (Phi) is 6.55. The highest BCUT2D eigenvalue weighted by atomic mass is 35.5. The summed E-state index contributed by atoms with van der Waals surface area (Å²) < 4.78 is 23.1. The number of hydrogen-bond acceptors (Lipinski definition) is 5. The first-order valence-corrected chi connectivity index (χ1v) is 12.2. The summed E-state index contributed by atoms with van der Waals surface area (Å²) in [6.45, 7) is 2.65. The first-order valence-electron chi connectivity index (χ1n) is 8.98. The molecule has 0 saturated heterocycles. The molecule has 0 aromatic heterocycles. The van der Waals surface area contributed by atoms with Gasteiger partial charge in [-0.1, -0.05) is 41.1 Å². The van der Waals surface area contributed by atoms with Gasteiger partial charge in [0.05, 0.1) is 21.4 Å². The van der Waals surface area contributed by atoms with Gasteiger partial charge in [-0.15, -0.1) is 0 Å². The lowest BCUT2D eigenvalue weighted by Gasteiger charge is -2.29. The van der Waals surface area contributed by atoms with Crippen LogP contribution in [-0.2, 0) is 21.1 Å². The van der Waals surface area contributed by atoms with Crippen LogP contribution in [0.15, 0.2) is 41.3 Å². The van der Waals surface area contributed by atoms with Gasteiger partial charge in [-0.25, -0.2) is 8.42 Å². The monoisotopic (exact) mass is 452 g/mol. The van der Waals surface area contributed by atoms with Crippen molar-refractivity contribution in [1.82, 2.24) is 0 Å². The zero-order valence-corrected chi connectivity index (χ0v) is 18.5. The molecule has 0 atom stereocenters. The molecule has 0 bridgehead atoms. The Balaban J connectivity index is 1.61. The molecular formula is C20H21ClN2O4S2. The van der Waals surface area contributed by atoms with Crippen molar-refractivity contribution in [3.63, 3.8) is 0 Å². The minimum Gasteiger partial charge on any atom is -0.324 e. The van der Waals surface area contributed by atoms with E-state index in [4.69, 9.17) is 11.6 Å². The number of aryl methyl sites for hydroxylation is 2. The summed E-state index contributed by atoms with van der Waals surface area (Å²) in [6, 6.07) is 10.1. The predicted octanol–water partition coefficient (Wildman–Crippen LogP) is 4.30. The summed E-state index contributed by atoms with van der Waals surface area (Å²) in [6.07, 6.45) is 2.91. The number of halogens is 1. The Bertz CT molecular complexity index is 1070. The van der Waals surface area contributed by atoms with Crippen LogP contribution in [0.3, 0.4) is 0 Å². The largest absolute Gasteiger partial charge is 0.324 e. The van der Waals surface area contributed by atoms with Crippen molar-refractivity contribution in [3.05, 3.63) is 52.5 Å². The molecule has 1 heterocycles. The van der Waals surface area contributed by atoms with Gasteiger partial charge in [-0.05, 0) is 49.6 Å². The summed E-state index contributed by atoms with van der Waals surface area (Å²) in [5.74, 6) is -0.459. The maximum absolute atomic E-state index is 12.6. The molecule has 154 valence electrons. The normalized spacial score (nSPS) is 13.7. The maximum Gasteiger partial charge on any atom is 0.286 e. The number of hydrogen-bond donors (Lipinski definition) is 1.